The third-order valence-corrected chi connectivity index (χ3v) is 3.74. The molecule has 0 aliphatic rings. The maximum absolute atomic E-state index is 11.0. The van der Waals surface area contributed by atoms with Crippen LogP contribution in [0.1, 0.15) is 19.4 Å². The molecule has 0 radical (unpaired) electrons. The molecule has 0 unspecified atom stereocenters. The number of rotatable bonds is 7. The summed E-state index contributed by atoms with van der Waals surface area (Å²) >= 11 is 0. The van der Waals surface area contributed by atoms with Crippen LogP contribution in [0.5, 0.6) is 0 Å². The van der Waals surface area contributed by atoms with Crippen LogP contribution in [0, 0.1) is 0 Å². The van der Waals surface area contributed by atoms with Gasteiger partial charge in [-0.1, -0.05) is 0 Å². The number of nitrogens with two attached hydrogens (primary N) is 1. The molecule has 0 aliphatic heterocycles. The quantitative estimate of drug-likeness (QED) is 0.394. The second-order valence-electron chi connectivity index (χ2n) is 4.92. The third kappa shape index (κ3) is 11.2. The smallest absolute Gasteiger partial charge is 0.394 e. The fourth-order valence-corrected chi connectivity index (χ4v) is 2.44. The summed E-state index contributed by atoms with van der Waals surface area (Å²) in [6.45, 7) is 6.43. The number of hydrogen-bond donors (Lipinski definition) is 4. The van der Waals surface area contributed by atoms with Gasteiger partial charge in [0.1, 0.15) is 0 Å². The molecule has 0 aromatic heterocycles. The first-order valence-corrected chi connectivity index (χ1v) is 10.4. The zero-order chi connectivity index (χ0) is 19.0. The highest BCUT2D eigenvalue weighted by molar-refractivity contribution is 7.88. The Labute approximate surface area is 143 Å². The van der Waals surface area contributed by atoms with E-state index in [9.17, 15) is 8.42 Å². The lowest BCUT2D eigenvalue weighted by atomic mass is 10.1. The van der Waals surface area contributed by atoms with Crippen LogP contribution in [-0.2, 0) is 26.8 Å². The zero-order valence-electron chi connectivity index (χ0n) is 13.9. The molecule has 1 aromatic carbocycles. The monoisotopic (exact) mass is 383 g/mol. The highest BCUT2D eigenvalue weighted by atomic mass is 32.3. The van der Waals surface area contributed by atoms with E-state index in [4.69, 9.17) is 23.3 Å². The number of nitrogens with zero attached hydrogens (tertiary/aromatic N) is 1. The van der Waals surface area contributed by atoms with E-state index >= 15 is 0 Å². The molecule has 5 N–H and O–H groups in total. The lowest BCUT2D eigenvalue weighted by Crippen LogP contribution is -2.25. The van der Waals surface area contributed by atoms with Crippen LogP contribution in [0.15, 0.2) is 18.2 Å². The second-order valence-corrected chi connectivity index (χ2v) is 7.65. The summed E-state index contributed by atoms with van der Waals surface area (Å²) in [6, 6.07) is 5.91. The molecule has 9 nitrogen and oxygen atoms in total. The molecule has 11 heteroatoms. The minimum Gasteiger partial charge on any atom is -0.399 e. The van der Waals surface area contributed by atoms with Gasteiger partial charge in [-0.2, -0.15) is 8.42 Å². The van der Waals surface area contributed by atoms with Crippen LogP contribution in [0.3, 0.4) is 0 Å². The number of hydrogen-bond acceptors (Lipinski definition) is 6. The van der Waals surface area contributed by atoms with Crippen molar-refractivity contribution in [3.8, 4) is 0 Å². The van der Waals surface area contributed by atoms with Crippen LogP contribution in [-0.4, -0.2) is 51.8 Å². The number of nitrogens with one attached hydrogen (secondary N) is 1. The van der Waals surface area contributed by atoms with Crippen molar-refractivity contribution in [2.45, 2.75) is 20.3 Å². The van der Waals surface area contributed by atoms with Gasteiger partial charge in [0.05, 0.1) is 6.26 Å². The fraction of sp³-hybridized carbons (Fsp3) is 0.538. The molecule has 0 aliphatic carbocycles. The summed E-state index contributed by atoms with van der Waals surface area (Å²) in [7, 11) is -7.81. The van der Waals surface area contributed by atoms with Gasteiger partial charge in [-0.15, -0.1) is 0 Å². The van der Waals surface area contributed by atoms with Crippen molar-refractivity contribution in [1.29, 1.82) is 0 Å². The van der Waals surface area contributed by atoms with Crippen LogP contribution in [0.4, 0.5) is 11.4 Å². The molecule has 0 atom stereocenters. The Morgan fingerprint density at radius 1 is 1.12 bits per heavy atom. The Hall–Kier alpha value is -1.40. The molecule has 0 spiro atoms. The molecule has 0 amide bonds. The van der Waals surface area contributed by atoms with Gasteiger partial charge in [0.2, 0.25) is 10.0 Å². The second kappa shape index (κ2) is 9.79. The van der Waals surface area contributed by atoms with E-state index in [0.717, 1.165) is 30.6 Å². The first-order chi connectivity index (χ1) is 10.9. The number of anilines is 2. The molecular weight excluding hydrogens is 358 g/mol. The van der Waals surface area contributed by atoms with Crippen molar-refractivity contribution < 1.29 is 25.9 Å². The molecule has 0 saturated carbocycles. The Bertz CT molecular complexity index is 707. The van der Waals surface area contributed by atoms with Crippen molar-refractivity contribution in [2.24, 2.45) is 0 Å². The fourth-order valence-electron chi connectivity index (χ4n) is 1.97. The van der Waals surface area contributed by atoms with E-state index < -0.39 is 20.4 Å². The Morgan fingerprint density at radius 2 is 1.62 bits per heavy atom. The van der Waals surface area contributed by atoms with Crippen molar-refractivity contribution in [3.63, 3.8) is 0 Å². The Kier molecular flexibility index (Phi) is 9.22. The van der Waals surface area contributed by atoms with Gasteiger partial charge in [0, 0.05) is 31.0 Å². The van der Waals surface area contributed by atoms with E-state index in [-0.39, 0.29) is 0 Å². The summed E-state index contributed by atoms with van der Waals surface area (Å²) < 4.78 is 56.1. The van der Waals surface area contributed by atoms with E-state index in [1.54, 1.807) is 0 Å². The minimum atomic E-state index is -4.67. The molecule has 140 valence electrons. The molecule has 0 heterocycles. The lowest BCUT2D eigenvalue weighted by molar-refractivity contribution is 0.381. The van der Waals surface area contributed by atoms with Crippen LogP contribution >= 0.6 is 0 Å². The third-order valence-electron chi connectivity index (χ3n) is 3.01. The first kappa shape index (κ1) is 22.6. The SMILES string of the molecule is CCN(CC)c1ccc(N)c(CCNS(C)(=O)=O)c1.O=S(=O)(O)O. The molecular formula is C13H25N3O6S2. The predicted octanol–water partition coefficient (Wildman–Crippen LogP) is 0.554. The van der Waals surface area contributed by atoms with Crippen LogP contribution in [0.2, 0.25) is 0 Å². The van der Waals surface area contributed by atoms with Crippen LogP contribution in [0.25, 0.3) is 0 Å². The topological polar surface area (TPSA) is 150 Å². The largest absolute Gasteiger partial charge is 0.399 e. The molecule has 24 heavy (non-hydrogen) atoms. The van der Waals surface area contributed by atoms with Gasteiger partial charge in [-0.3, -0.25) is 9.11 Å². The number of sulfonamides is 1. The number of benzene rings is 1. The minimum absolute atomic E-state index is 0.366. The van der Waals surface area contributed by atoms with Gasteiger partial charge in [0.15, 0.2) is 0 Å². The van der Waals surface area contributed by atoms with E-state index in [2.05, 4.69) is 23.5 Å². The number of nitrogen functional groups attached to an aromatic ring is 1. The molecule has 1 aromatic rings. The maximum atomic E-state index is 11.0. The summed E-state index contributed by atoms with van der Waals surface area (Å²) in [6.07, 6.45) is 1.75. The standard InChI is InChI=1S/C13H23N3O2S.H2O4S/c1-4-16(5-2)12-6-7-13(14)11(10-12)8-9-15-19(3,17)18;1-5(2,3)4/h6-7,10,15H,4-5,8-9,14H2,1-3H3;(H2,1,2,3,4). The summed E-state index contributed by atoms with van der Waals surface area (Å²) in [5, 5.41) is 0. The zero-order valence-corrected chi connectivity index (χ0v) is 15.6. The summed E-state index contributed by atoms with van der Waals surface area (Å²) in [4.78, 5) is 2.23. The van der Waals surface area contributed by atoms with Crippen molar-refractivity contribution in [3.05, 3.63) is 23.8 Å². The average molecular weight is 383 g/mol. The van der Waals surface area contributed by atoms with Crippen molar-refractivity contribution >= 4 is 31.8 Å². The summed E-state index contributed by atoms with van der Waals surface area (Å²) in [5.74, 6) is 0. The van der Waals surface area contributed by atoms with Crippen molar-refractivity contribution in [1.82, 2.24) is 4.72 Å². The summed E-state index contributed by atoms with van der Waals surface area (Å²) in [5.41, 5.74) is 8.72. The molecule has 0 saturated heterocycles. The molecule has 0 bridgehead atoms. The average Bonchev–Trinajstić information content (AvgIpc) is 2.40. The molecule has 1 rings (SSSR count). The van der Waals surface area contributed by atoms with Gasteiger partial charge in [-0.25, -0.2) is 13.1 Å². The van der Waals surface area contributed by atoms with Crippen LogP contribution < -0.4 is 15.4 Å². The van der Waals surface area contributed by atoms with E-state index in [0.29, 0.717) is 18.7 Å². The highest BCUT2D eigenvalue weighted by Gasteiger charge is 2.07. The van der Waals surface area contributed by atoms with Gasteiger partial charge in [0.25, 0.3) is 0 Å². The first-order valence-electron chi connectivity index (χ1n) is 7.15. The normalized spacial score (nSPS) is 11.5. The Morgan fingerprint density at radius 3 is 2.04 bits per heavy atom. The van der Waals surface area contributed by atoms with Crippen molar-refractivity contribution in [2.75, 3.05) is 36.5 Å². The highest BCUT2D eigenvalue weighted by Crippen LogP contribution is 2.21. The van der Waals surface area contributed by atoms with E-state index in [1.807, 2.05) is 18.2 Å². The van der Waals surface area contributed by atoms with E-state index in [1.165, 1.54) is 0 Å². The predicted molar refractivity (Wildman–Crippen MR) is 95.1 cm³/mol. The Balaban J connectivity index is 0.000000922. The molecule has 0 fully saturated rings. The van der Waals surface area contributed by atoms with Gasteiger partial charge >= 0.3 is 10.4 Å². The van der Waals surface area contributed by atoms with Gasteiger partial charge < -0.3 is 10.6 Å². The lowest BCUT2D eigenvalue weighted by Gasteiger charge is -2.22. The maximum Gasteiger partial charge on any atom is 0.394 e. The van der Waals surface area contributed by atoms with Gasteiger partial charge in [-0.05, 0) is 44.0 Å².